The third kappa shape index (κ3) is 5.13. The second-order valence-electron chi connectivity index (χ2n) is 7.38. The van der Waals surface area contributed by atoms with E-state index in [2.05, 4.69) is 30.5 Å². The van der Waals surface area contributed by atoms with Gasteiger partial charge in [-0.2, -0.15) is 13.2 Å². The highest BCUT2D eigenvalue weighted by Crippen LogP contribution is 2.30. The molecular formula is C22H21F3N6O. The van der Waals surface area contributed by atoms with E-state index in [4.69, 9.17) is 0 Å². The SMILES string of the molecule is O=C(Nc1cnccc1N1CCCCC1)c1ccnc(Nc2ccc(C(F)(F)F)cn2)c1. The smallest absolute Gasteiger partial charge is 0.370 e. The number of halogens is 3. The van der Waals surface area contributed by atoms with Gasteiger partial charge >= 0.3 is 6.18 Å². The Bertz CT molecular complexity index is 1080. The van der Waals surface area contributed by atoms with E-state index < -0.39 is 11.7 Å². The molecule has 4 rings (SSSR count). The van der Waals surface area contributed by atoms with Gasteiger partial charge in [-0.25, -0.2) is 9.97 Å². The molecule has 1 fully saturated rings. The fourth-order valence-corrected chi connectivity index (χ4v) is 3.50. The van der Waals surface area contributed by atoms with Crippen LogP contribution in [0.5, 0.6) is 0 Å². The molecule has 4 heterocycles. The molecule has 0 radical (unpaired) electrons. The van der Waals surface area contributed by atoms with Crippen molar-refractivity contribution in [2.75, 3.05) is 28.6 Å². The van der Waals surface area contributed by atoms with Gasteiger partial charge in [0.05, 0.1) is 23.1 Å². The van der Waals surface area contributed by atoms with Crippen LogP contribution in [0.4, 0.5) is 36.2 Å². The quantitative estimate of drug-likeness (QED) is 0.586. The highest BCUT2D eigenvalue weighted by Gasteiger charge is 2.30. The van der Waals surface area contributed by atoms with Gasteiger partial charge in [0.15, 0.2) is 0 Å². The molecule has 32 heavy (non-hydrogen) atoms. The van der Waals surface area contributed by atoms with Gasteiger partial charge in [0.2, 0.25) is 0 Å². The molecule has 7 nitrogen and oxygen atoms in total. The van der Waals surface area contributed by atoms with Crippen LogP contribution in [0.15, 0.2) is 55.1 Å². The first kappa shape index (κ1) is 21.5. The molecule has 0 bridgehead atoms. The highest BCUT2D eigenvalue weighted by molar-refractivity contribution is 6.06. The summed E-state index contributed by atoms with van der Waals surface area (Å²) >= 11 is 0. The number of carbonyl (C=O) groups excluding carboxylic acids is 1. The second kappa shape index (κ2) is 9.21. The van der Waals surface area contributed by atoms with Gasteiger partial charge in [-0.1, -0.05) is 0 Å². The number of piperidine rings is 1. The molecule has 1 saturated heterocycles. The Kier molecular flexibility index (Phi) is 6.20. The predicted octanol–water partition coefficient (Wildman–Crippen LogP) is 4.88. The molecule has 0 aromatic carbocycles. The Morgan fingerprint density at radius 3 is 2.47 bits per heavy atom. The van der Waals surface area contributed by atoms with E-state index in [-0.39, 0.29) is 17.5 Å². The first-order valence-electron chi connectivity index (χ1n) is 10.2. The molecule has 0 unspecified atom stereocenters. The van der Waals surface area contributed by atoms with Crippen molar-refractivity contribution in [3.63, 3.8) is 0 Å². The van der Waals surface area contributed by atoms with Crippen LogP contribution in [-0.4, -0.2) is 33.9 Å². The molecule has 1 amide bonds. The molecule has 3 aromatic heterocycles. The molecule has 0 atom stereocenters. The maximum Gasteiger partial charge on any atom is 0.417 e. The lowest BCUT2D eigenvalue weighted by Gasteiger charge is -2.30. The van der Waals surface area contributed by atoms with E-state index in [1.54, 1.807) is 18.5 Å². The number of hydrogen-bond donors (Lipinski definition) is 2. The topological polar surface area (TPSA) is 83.0 Å². The molecule has 166 valence electrons. The van der Waals surface area contributed by atoms with Crippen LogP contribution >= 0.6 is 0 Å². The van der Waals surface area contributed by atoms with Crippen molar-refractivity contribution in [2.24, 2.45) is 0 Å². The zero-order chi connectivity index (χ0) is 22.6. The average Bonchev–Trinajstić information content (AvgIpc) is 2.80. The lowest BCUT2D eigenvalue weighted by Crippen LogP contribution is -2.30. The van der Waals surface area contributed by atoms with Crippen LogP contribution in [0.1, 0.15) is 35.2 Å². The van der Waals surface area contributed by atoms with Gasteiger partial charge in [-0.3, -0.25) is 9.78 Å². The van der Waals surface area contributed by atoms with Crippen molar-refractivity contribution in [3.05, 3.63) is 66.2 Å². The van der Waals surface area contributed by atoms with Crippen molar-refractivity contribution >= 4 is 28.9 Å². The van der Waals surface area contributed by atoms with E-state index in [1.807, 2.05) is 6.07 Å². The van der Waals surface area contributed by atoms with Gasteiger partial charge in [-0.15, -0.1) is 0 Å². The number of aromatic nitrogens is 3. The third-order valence-corrected chi connectivity index (χ3v) is 5.11. The second-order valence-corrected chi connectivity index (χ2v) is 7.38. The fraction of sp³-hybridized carbons (Fsp3) is 0.273. The number of carbonyl (C=O) groups is 1. The summed E-state index contributed by atoms with van der Waals surface area (Å²) in [6.07, 6.45) is 4.45. The predicted molar refractivity (Wildman–Crippen MR) is 115 cm³/mol. The maximum atomic E-state index is 12.9. The highest BCUT2D eigenvalue weighted by atomic mass is 19.4. The molecule has 10 heteroatoms. The summed E-state index contributed by atoms with van der Waals surface area (Å²) in [6, 6.07) is 7.08. The number of anilines is 4. The monoisotopic (exact) mass is 442 g/mol. The standard InChI is InChI=1S/C22H21F3N6O/c23-22(24,25)16-4-5-19(28-13-16)30-20-12-15(6-9-27-20)21(32)29-17-14-26-8-7-18(17)31-10-2-1-3-11-31/h4-9,12-14H,1-3,10-11H2,(H,29,32)(H,27,28,30). The minimum atomic E-state index is -4.46. The van der Waals surface area contributed by atoms with E-state index in [1.165, 1.54) is 24.8 Å². The third-order valence-electron chi connectivity index (χ3n) is 5.11. The molecule has 2 N–H and O–H groups in total. The molecule has 0 aliphatic carbocycles. The minimum Gasteiger partial charge on any atom is -0.370 e. The van der Waals surface area contributed by atoms with Crippen molar-refractivity contribution in [2.45, 2.75) is 25.4 Å². The first-order valence-corrected chi connectivity index (χ1v) is 10.2. The van der Waals surface area contributed by atoms with Crippen LogP contribution in [0, 0.1) is 0 Å². The lowest BCUT2D eigenvalue weighted by atomic mass is 10.1. The Morgan fingerprint density at radius 1 is 0.938 bits per heavy atom. The van der Waals surface area contributed by atoms with Crippen molar-refractivity contribution in [3.8, 4) is 0 Å². The molecule has 0 saturated carbocycles. The Morgan fingerprint density at radius 2 is 1.75 bits per heavy atom. The summed E-state index contributed by atoms with van der Waals surface area (Å²) in [4.78, 5) is 27.1. The first-order chi connectivity index (χ1) is 15.4. The van der Waals surface area contributed by atoms with Crippen molar-refractivity contribution < 1.29 is 18.0 Å². The summed E-state index contributed by atoms with van der Waals surface area (Å²) in [6.45, 7) is 1.85. The molecule has 1 aliphatic heterocycles. The van der Waals surface area contributed by atoms with E-state index in [0.29, 0.717) is 11.3 Å². The van der Waals surface area contributed by atoms with Gasteiger partial charge in [0.25, 0.3) is 5.91 Å². The zero-order valence-corrected chi connectivity index (χ0v) is 17.1. The van der Waals surface area contributed by atoms with Crippen LogP contribution in [0.25, 0.3) is 0 Å². The minimum absolute atomic E-state index is 0.183. The largest absolute Gasteiger partial charge is 0.417 e. The fourth-order valence-electron chi connectivity index (χ4n) is 3.50. The van der Waals surface area contributed by atoms with Gasteiger partial charge in [-0.05, 0) is 49.6 Å². The van der Waals surface area contributed by atoms with Crippen LogP contribution in [0.3, 0.4) is 0 Å². The molecule has 0 spiro atoms. The molecule has 3 aromatic rings. The average molecular weight is 442 g/mol. The van der Waals surface area contributed by atoms with Crippen molar-refractivity contribution in [1.29, 1.82) is 0 Å². The summed E-state index contributed by atoms with van der Waals surface area (Å²) in [5.74, 6) is 0.122. The van der Waals surface area contributed by atoms with Gasteiger partial charge in [0.1, 0.15) is 11.6 Å². The summed E-state index contributed by atoms with van der Waals surface area (Å²) < 4.78 is 38.1. The summed E-state index contributed by atoms with van der Waals surface area (Å²) in [5, 5.41) is 5.71. The van der Waals surface area contributed by atoms with E-state index in [9.17, 15) is 18.0 Å². The molecule has 1 aliphatic rings. The van der Waals surface area contributed by atoms with Crippen molar-refractivity contribution in [1.82, 2.24) is 15.0 Å². The van der Waals surface area contributed by atoms with Crippen LogP contribution in [0.2, 0.25) is 0 Å². The molecular weight excluding hydrogens is 421 g/mol. The van der Waals surface area contributed by atoms with E-state index in [0.717, 1.165) is 43.9 Å². The number of alkyl halides is 3. The lowest BCUT2D eigenvalue weighted by molar-refractivity contribution is -0.137. The number of pyridine rings is 3. The zero-order valence-electron chi connectivity index (χ0n) is 17.1. The number of hydrogen-bond acceptors (Lipinski definition) is 6. The number of amides is 1. The Hall–Kier alpha value is -3.69. The van der Waals surface area contributed by atoms with Crippen LogP contribution < -0.4 is 15.5 Å². The van der Waals surface area contributed by atoms with Gasteiger partial charge < -0.3 is 15.5 Å². The summed E-state index contributed by atoms with van der Waals surface area (Å²) in [7, 11) is 0. The van der Waals surface area contributed by atoms with Crippen LogP contribution in [-0.2, 0) is 6.18 Å². The normalized spacial score (nSPS) is 14.2. The van der Waals surface area contributed by atoms with Gasteiger partial charge in [0, 0.05) is 37.2 Å². The number of nitrogens with zero attached hydrogens (tertiary/aromatic N) is 4. The Labute approximate surface area is 182 Å². The number of nitrogens with one attached hydrogen (secondary N) is 2. The number of rotatable bonds is 5. The van der Waals surface area contributed by atoms with E-state index >= 15 is 0 Å². The maximum absolute atomic E-state index is 12.9. The summed E-state index contributed by atoms with van der Waals surface area (Å²) in [5.41, 5.74) is 1.04. The Balaban J connectivity index is 1.47.